The maximum absolute atomic E-state index is 11.7. The van der Waals surface area contributed by atoms with Crippen molar-refractivity contribution in [1.82, 2.24) is 10.5 Å². The van der Waals surface area contributed by atoms with Crippen molar-refractivity contribution in [3.8, 4) is 0 Å². The number of carbonyl (C=O) groups excluding carboxylic acids is 1. The summed E-state index contributed by atoms with van der Waals surface area (Å²) >= 11 is 0. The third-order valence-corrected chi connectivity index (χ3v) is 2.35. The molecule has 0 aromatic carbocycles. The van der Waals surface area contributed by atoms with Gasteiger partial charge in [-0.25, -0.2) is 4.79 Å². The second-order valence-corrected chi connectivity index (χ2v) is 3.97. The highest BCUT2D eigenvalue weighted by Crippen LogP contribution is 2.05. The fourth-order valence-electron chi connectivity index (χ4n) is 1.42. The van der Waals surface area contributed by atoms with Crippen LogP contribution in [0.25, 0.3) is 0 Å². The molecule has 1 aromatic heterocycles. The summed E-state index contributed by atoms with van der Waals surface area (Å²) in [7, 11) is 0. The molecule has 0 aliphatic carbocycles. The smallest absolute Gasteiger partial charge is 0.326 e. The molecule has 0 bridgehead atoms. The molecule has 1 atom stereocenters. The van der Waals surface area contributed by atoms with E-state index in [9.17, 15) is 14.4 Å². The average molecular weight is 270 g/mol. The highest BCUT2D eigenvalue weighted by molar-refractivity contribution is 5.94. The summed E-state index contributed by atoms with van der Waals surface area (Å²) < 4.78 is 4.70. The SMILES string of the molecule is Cc1cc(C(=O)NC(CCCC(=O)O)C(=O)O)no1. The lowest BCUT2D eigenvalue weighted by atomic mass is 10.1. The molecule has 1 amide bonds. The molecule has 0 aliphatic heterocycles. The predicted molar refractivity (Wildman–Crippen MR) is 61.6 cm³/mol. The normalized spacial score (nSPS) is 11.8. The fraction of sp³-hybridized carbons (Fsp3) is 0.455. The van der Waals surface area contributed by atoms with Crippen molar-refractivity contribution in [2.24, 2.45) is 0 Å². The lowest BCUT2D eigenvalue weighted by molar-refractivity contribution is -0.140. The molecule has 1 aromatic rings. The number of hydrogen-bond acceptors (Lipinski definition) is 5. The van der Waals surface area contributed by atoms with Gasteiger partial charge in [-0.05, 0) is 19.8 Å². The van der Waals surface area contributed by atoms with Gasteiger partial charge in [0.25, 0.3) is 5.91 Å². The van der Waals surface area contributed by atoms with E-state index in [0.29, 0.717) is 5.76 Å². The molecular formula is C11H14N2O6. The van der Waals surface area contributed by atoms with Gasteiger partial charge in [0.15, 0.2) is 5.69 Å². The molecule has 8 nitrogen and oxygen atoms in total. The lowest BCUT2D eigenvalue weighted by Gasteiger charge is -2.12. The van der Waals surface area contributed by atoms with Crippen LogP contribution in [0.5, 0.6) is 0 Å². The largest absolute Gasteiger partial charge is 0.481 e. The molecule has 104 valence electrons. The first-order valence-corrected chi connectivity index (χ1v) is 5.59. The molecule has 8 heteroatoms. The van der Waals surface area contributed by atoms with Gasteiger partial charge in [0, 0.05) is 12.5 Å². The summed E-state index contributed by atoms with van der Waals surface area (Å²) in [6.45, 7) is 1.60. The van der Waals surface area contributed by atoms with Gasteiger partial charge in [0.1, 0.15) is 11.8 Å². The lowest BCUT2D eigenvalue weighted by Crippen LogP contribution is -2.40. The number of aryl methyl sites for hydroxylation is 1. The second kappa shape index (κ2) is 6.53. The van der Waals surface area contributed by atoms with Gasteiger partial charge in [0.05, 0.1) is 0 Å². The Hall–Kier alpha value is -2.38. The number of amides is 1. The number of nitrogens with one attached hydrogen (secondary N) is 1. The Labute approximate surface area is 108 Å². The Morgan fingerprint density at radius 3 is 2.58 bits per heavy atom. The first kappa shape index (κ1) is 14.7. The number of aromatic nitrogens is 1. The van der Waals surface area contributed by atoms with Crippen LogP contribution in [0, 0.1) is 6.92 Å². The van der Waals surface area contributed by atoms with Crippen LogP contribution in [-0.2, 0) is 9.59 Å². The van der Waals surface area contributed by atoms with Crippen molar-refractivity contribution in [3.05, 3.63) is 17.5 Å². The van der Waals surface area contributed by atoms with E-state index in [2.05, 4.69) is 10.5 Å². The van der Waals surface area contributed by atoms with Crippen molar-refractivity contribution in [3.63, 3.8) is 0 Å². The van der Waals surface area contributed by atoms with Crippen LogP contribution >= 0.6 is 0 Å². The molecule has 0 saturated heterocycles. The van der Waals surface area contributed by atoms with E-state index >= 15 is 0 Å². The first-order valence-electron chi connectivity index (χ1n) is 5.59. The zero-order valence-electron chi connectivity index (χ0n) is 10.3. The van der Waals surface area contributed by atoms with Crippen LogP contribution in [0.2, 0.25) is 0 Å². The summed E-state index contributed by atoms with van der Waals surface area (Å²) in [4.78, 5) is 32.9. The van der Waals surface area contributed by atoms with Gasteiger partial charge in [-0.1, -0.05) is 5.16 Å². The fourth-order valence-corrected chi connectivity index (χ4v) is 1.42. The molecule has 0 radical (unpaired) electrons. The number of carbonyl (C=O) groups is 3. The molecule has 0 saturated carbocycles. The van der Waals surface area contributed by atoms with Crippen LogP contribution in [-0.4, -0.2) is 39.3 Å². The van der Waals surface area contributed by atoms with Gasteiger partial charge in [-0.3, -0.25) is 9.59 Å². The Kier molecular flexibility index (Phi) is 5.04. The minimum Gasteiger partial charge on any atom is -0.481 e. The maximum atomic E-state index is 11.7. The van der Waals surface area contributed by atoms with Crippen molar-refractivity contribution in [2.75, 3.05) is 0 Å². The van der Waals surface area contributed by atoms with Crippen molar-refractivity contribution in [2.45, 2.75) is 32.2 Å². The van der Waals surface area contributed by atoms with Crippen LogP contribution < -0.4 is 5.32 Å². The van der Waals surface area contributed by atoms with E-state index in [0.717, 1.165) is 0 Å². The van der Waals surface area contributed by atoms with Crippen molar-refractivity contribution in [1.29, 1.82) is 0 Å². The number of carboxylic acid groups (broad SMARTS) is 2. The van der Waals surface area contributed by atoms with Gasteiger partial charge in [0.2, 0.25) is 0 Å². The Balaban J connectivity index is 2.55. The Morgan fingerprint density at radius 2 is 2.11 bits per heavy atom. The molecule has 3 N–H and O–H groups in total. The topological polar surface area (TPSA) is 130 Å². The first-order chi connectivity index (χ1) is 8.90. The zero-order chi connectivity index (χ0) is 14.4. The van der Waals surface area contributed by atoms with Crippen LogP contribution in [0.4, 0.5) is 0 Å². The highest BCUT2D eigenvalue weighted by atomic mass is 16.5. The molecule has 0 spiro atoms. The highest BCUT2D eigenvalue weighted by Gasteiger charge is 2.22. The quantitative estimate of drug-likeness (QED) is 0.654. The minimum absolute atomic E-state index is 0.0121. The second-order valence-electron chi connectivity index (χ2n) is 3.97. The number of rotatable bonds is 7. The molecule has 0 aliphatic rings. The van der Waals surface area contributed by atoms with Gasteiger partial charge in [-0.2, -0.15) is 0 Å². The zero-order valence-corrected chi connectivity index (χ0v) is 10.3. The van der Waals surface area contributed by atoms with Crippen molar-refractivity contribution >= 4 is 17.8 Å². The van der Waals surface area contributed by atoms with E-state index in [1.807, 2.05) is 0 Å². The number of hydrogen-bond donors (Lipinski definition) is 3. The summed E-state index contributed by atoms with van der Waals surface area (Å²) in [6.07, 6.45) is 0.0390. The summed E-state index contributed by atoms with van der Waals surface area (Å²) in [5.74, 6) is -2.47. The van der Waals surface area contributed by atoms with Crippen molar-refractivity contribution < 1.29 is 29.1 Å². The summed E-state index contributed by atoms with van der Waals surface area (Å²) in [6, 6.07) is 0.231. The van der Waals surface area contributed by atoms with Crippen LogP contribution in [0.3, 0.4) is 0 Å². The standard InChI is InChI=1S/C11H14N2O6/c1-6-5-8(13-19-6)10(16)12-7(11(17)18)3-2-4-9(14)15/h5,7H,2-4H2,1H3,(H,12,16)(H,14,15)(H,17,18). The van der Waals surface area contributed by atoms with E-state index < -0.39 is 23.9 Å². The Morgan fingerprint density at radius 1 is 1.42 bits per heavy atom. The third-order valence-electron chi connectivity index (χ3n) is 2.35. The molecule has 0 fully saturated rings. The number of carboxylic acids is 2. The molecule has 1 unspecified atom stereocenters. The average Bonchev–Trinajstić information content (AvgIpc) is 2.73. The minimum atomic E-state index is -1.22. The van der Waals surface area contributed by atoms with E-state index in [1.165, 1.54) is 6.07 Å². The van der Waals surface area contributed by atoms with E-state index in [-0.39, 0.29) is 25.0 Å². The maximum Gasteiger partial charge on any atom is 0.326 e. The van der Waals surface area contributed by atoms with E-state index in [1.54, 1.807) is 6.92 Å². The summed E-state index contributed by atoms with van der Waals surface area (Å²) in [5, 5.41) is 23.1. The molecule has 1 heterocycles. The van der Waals surface area contributed by atoms with Gasteiger partial charge in [-0.15, -0.1) is 0 Å². The number of aliphatic carboxylic acids is 2. The van der Waals surface area contributed by atoms with Gasteiger partial charge < -0.3 is 20.1 Å². The molecule has 1 rings (SSSR count). The van der Waals surface area contributed by atoms with E-state index in [4.69, 9.17) is 14.7 Å². The predicted octanol–water partition coefficient (Wildman–Crippen LogP) is 0.421. The third kappa shape index (κ3) is 4.78. The Bertz CT molecular complexity index is 481. The van der Waals surface area contributed by atoms with Crippen LogP contribution in [0.15, 0.2) is 10.6 Å². The van der Waals surface area contributed by atoms with Crippen LogP contribution in [0.1, 0.15) is 35.5 Å². The molecule has 19 heavy (non-hydrogen) atoms. The monoisotopic (exact) mass is 270 g/mol. The number of nitrogens with zero attached hydrogens (tertiary/aromatic N) is 1. The van der Waals surface area contributed by atoms with Gasteiger partial charge >= 0.3 is 11.9 Å². The summed E-state index contributed by atoms with van der Waals surface area (Å²) in [5.41, 5.74) is -0.0121. The molecular weight excluding hydrogens is 256 g/mol.